The Morgan fingerprint density at radius 1 is 1.12 bits per heavy atom. The molecule has 2 heterocycles. The van der Waals surface area contributed by atoms with Gasteiger partial charge in [-0.25, -0.2) is 4.79 Å². The number of aromatic amines is 1. The molecule has 0 saturated carbocycles. The van der Waals surface area contributed by atoms with E-state index in [4.69, 9.17) is 4.42 Å². The fourth-order valence-electron chi connectivity index (χ4n) is 1.82. The van der Waals surface area contributed by atoms with Crippen LogP contribution in [0.3, 0.4) is 0 Å². The van der Waals surface area contributed by atoms with Crippen molar-refractivity contribution in [1.82, 2.24) is 4.98 Å². The monoisotopic (exact) mass is 229 g/mol. The van der Waals surface area contributed by atoms with Crippen LogP contribution in [-0.4, -0.2) is 10.1 Å². The summed E-state index contributed by atoms with van der Waals surface area (Å²) in [6.45, 7) is 0. The van der Waals surface area contributed by atoms with E-state index in [1.807, 2.05) is 0 Å². The van der Waals surface area contributed by atoms with Gasteiger partial charge in [0, 0.05) is 17.6 Å². The summed E-state index contributed by atoms with van der Waals surface area (Å²) in [5, 5.41) is 10.2. The summed E-state index contributed by atoms with van der Waals surface area (Å²) in [5.41, 5.74) is -0.0463. The second-order valence-corrected chi connectivity index (χ2v) is 3.69. The Balaban J connectivity index is 2.65. The maximum Gasteiger partial charge on any atom is 0.345 e. The third-order valence-electron chi connectivity index (χ3n) is 2.57. The van der Waals surface area contributed by atoms with Crippen LogP contribution in [-0.2, 0) is 0 Å². The van der Waals surface area contributed by atoms with Gasteiger partial charge >= 0.3 is 5.63 Å². The summed E-state index contributed by atoms with van der Waals surface area (Å²) in [4.78, 5) is 25.6. The van der Waals surface area contributed by atoms with Crippen LogP contribution in [0.2, 0.25) is 0 Å². The first kappa shape index (κ1) is 9.65. The SMILES string of the molecule is O=c1ccc2c(c1)oc(=O)c1cc(O)c[nH]c12. The lowest BCUT2D eigenvalue weighted by molar-refractivity contribution is 0.473. The van der Waals surface area contributed by atoms with Crippen LogP contribution >= 0.6 is 0 Å². The molecule has 84 valence electrons. The Labute approximate surface area is 93.9 Å². The number of benzene rings is 1. The van der Waals surface area contributed by atoms with Crippen LogP contribution in [0.15, 0.2) is 44.5 Å². The highest BCUT2D eigenvalue weighted by atomic mass is 16.4. The molecular formula is C12H7NO4. The fraction of sp³-hybridized carbons (Fsp3) is 0. The molecule has 0 radical (unpaired) electrons. The highest BCUT2D eigenvalue weighted by Crippen LogP contribution is 2.21. The number of nitrogens with one attached hydrogen (secondary N) is 1. The van der Waals surface area contributed by atoms with Crippen molar-refractivity contribution >= 4 is 21.9 Å². The quantitative estimate of drug-likeness (QED) is 0.450. The molecule has 17 heavy (non-hydrogen) atoms. The van der Waals surface area contributed by atoms with Gasteiger partial charge in [-0.3, -0.25) is 4.79 Å². The molecule has 0 amide bonds. The van der Waals surface area contributed by atoms with Gasteiger partial charge in [0.2, 0.25) is 0 Å². The van der Waals surface area contributed by atoms with Crippen molar-refractivity contribution in [2.45, 2.75) is 0 Å². The van der Waals surface area contributed by atoms with Gasteiger partial charge in [-0.15, -0.1) is 0 Å². The molecular weight excluding hydrogens is 222 g/mol. The third-order valence-corrected chi connectivity index (χ3v) is 2.57. The molecule has 0 bridgehead atoms. The summed E-state index contributed by atoms with van der Waals surface area (Å²) in [7, 11) is 0. The molecule has 0 aliphatic carbocycles. The zero-order valence-electron chi connectivity index (χ0n) is 8.56. The number of H-pyrrole nitrogens is 1. The van der Waals surface area contributed by atoms with Crippen LogP contribution in [0.1, 0.15) is 0 Å². The lowest BCUT2D eigenvalue weighted by Crippen LogP contribution is -2.03. The number of pyridine rings is 1. The fourth-order valence-corrected chi connectivity index (χ4v) is 1.82. The maximum absolute atomic E-state index is 11.7. The molecule has 0 fully saturated rings. The van der Waals surface area contributed by atoms with Crippen molar-refractivity contribution < 1.29 is 9.52 Å². The molecule has 0 saturated heterocycles. The van der Waals surface area contributed by atoms with Crippen molar-refractivity contribution in [3.8, 4) is 5.75 Å². The average Bonchev–Trinajstić information content (AvgIpc) is 2.29. The minimum absolute atomic E-state index is 0.0513. The van der Waals surface area contributed by atoms with Crippen molar-refractivity contribution in [2.24, 2.45) is 0 Å². The van der Waals surface area contributed by atoms with Crippen molar-refractivity contribution in [1.29, 1.82) is 0 Å². The highest BCUT2D eigenvalue weighted by Gasteiger charge is 2.08. The maximum atomic E-state index is 11.7. The Morgan fingerprint density at radius 3 is 2.76 bits per heavy atom. The van der Waals surface area contributed by atoms with Crippen molar-refractivity contribution in [3.63, 3.8) is 0 Å². The van der Waals surface area contributed by atoms with Gasteiger partial charge < -0.3 is 14.5 Å². The zero-order valence-corrected chi connectivity index (χ0v) is 8.56. The molecule has 2 N–H and O–H groups in total. The standard InChI is InChI=1S/C12H7NO4/c14-6-1-2-8-10(4-6)17-12(16)9-3-7(15)5-13-11(8)9/h1-5,13,15H. The number of fused-ring (bicyclic) bond motifs is 3. The molecule has 3 aromatic rings. The lowest BCUT2D eigenvalue weighted by atomic mass is 10.1. The summed E-state index contributed by atoms with van der Waals surface area (Å²) in [6, 6.07) is 5.55. The van der Waals surface area contributed by atoms with Gasteiger partial charge in [-0.1, -0.05) is 0 Å². The molecule has 0 spiro atoms. The predicted octanol–water partition coefficient (Wildman–Crippen LogP) is 1.34. The number of hydrogen-bond donors (Lipinski definition) is 2. The normalized spacial score (nSPS) is 11.1. The first-order valence-electron chi connectivity index (χ1n) is 4.93. The molecule has 5 nitrogen and oxygen atoms in total. The number of aromatic hydroxyl groups is 1. The van der Waals surface area contributed by atoms with Crippen molar-refractivity contribution in [2.75, 3.05) is 0 Å². The van der Waals surface area contributed by atoms with E-state index in [9.17, 15) is 14.7 Å². The largest absolute Gasteiger partial charge is 0.506 e. The van der Waals surface area contributed by atoms with Gasteiger partial charge in [0.05, 0.1) is 10.9 Å². The molecule has 1 aromatic carbocycles. The minimum atomic E-state index is -0.592. The first-order valence-corrected chi connectivity index (χ1v) is 4.93. The number of rotatable bonds is 0. The van der Waals surface area contributed by atoms with E-state index in [0.29, 0.717) is 10.9 Å². The van der Waals surface area contributed by atoms with E-state index in [-0.39, 0.29) is 22.1 Å². The van der Waals surface area contributed by atoms with E-state index in [1.165, 1.54) is 24.4 Å². The molecule has 0 unspecified atom stereocenters. The predicted molar refractivity (Wildman–Crippen MR) is 62.3 cm³/mol. The van der Waals surface area contributed by atoms with Gasteiger partial charge in [0.15, 0.2) is 5.43 Å². The number of aromatic nitrogens is 1. The average molecular weight is 229 g/mol. The molecule has 0 atom stereocenters. The van der Waals surface area contributed by atoms with E-state index in [1.54, 1.807) is 6.07 Å². The Morgan fingerprint density at radius 2 is 1.94 bits per heavy atom. The second kappa shape index (κ2) is 3.21. The Hall–Kier alpha value is -2.56. The van der Waals surface area contributed by atoms with Crippen molar-refractivity contribution in [3.05, 3.63) is 51.1 Å². The van der Waals surface area contributed by atoms with Crippen LogP contribution in [0.5, 0.6) is 5.75 Å². The van der Waals surface area contributed by atoms with Gasteiger partial charge in [0.1, 0.15) is 11.3 Å². The summed E-state index contributed by atoms with van der Waals surface area (Å²) in [5.74, 6) is -0.0513. The zero-order chi connectivity index (χ0) is 12.0. The van der Waals surface area contributed by atoms with E-state index in [2.05, 4.69) is 4.98 Å². The Bertz CT molecular complexity index is 844. The van der Waals surface area contributed by atoms with Crippen LogP contribution in [0, 0.1) is 0 Å². The highest BCUT2D eigenvalue weighted by molar-refractivity contribution is 6.01. The minimum Gasteiger partial charge on any atom is -0.506 e. The number of hydrogen-bond acceptors (Lipinski definition) is 4. The summed E-state index contributed by atoms with van der Waals surface area (Å²) >= 11 is 0. The van der Waals surface area contributed by atoms with E-state index in [0.717, 1.165) is 0 Å². The first-order chi connectivity index (χ1) is 8.15. The van der Waals surface area contributed by atoms with E-state index >= 15 is 0 Å². The van der Waals surface area contributed by atoms with E-state index < -0.39 is 5.63 Å². The Kier molecular flexibility index (Phi) is 1.82. The lowest BCUT2D eigenvalue weighted by Gasteiger charge is -2.02. The van der Waals surface area contributed by atoms with Crippen LogP contribution in [0.4, 0.5) is 0 Å². The molecule has 5 heteroatoms. The van der Waals surface area contributed by atoms with Crippen LogP contribution in [0.25, 0.3) is 21.9 Å². The molecule has 0 aliphatic heterocycles. The molecule has 0 aliphatic rings. The summed E-state index contributed by atoms with van der Waals surface area (Å²) < 4.78 is 5.02. The topological polar surface area (TPSA) is 83.3 Å². The van der Waals surface area contributed by atoms with Crippen LogP contribution < -0.4 is 11.1 Å². The van der Waals surface area contributed by atoms with Gasteiger partial charge in [-0.2, -0.15) is 0 Å². The summed E-state index contributed by atoms with van der Waals surface area (Å²) in [6.07, 6.45) is 1.37. The molecule has 3 rings (SSSR count). The second-order valence-electron chi connectivity index (χ2n) is 3.69. The van der Waals surface area contributed by atoms with Gasteiger partial charge in [-0.05, 0) is 18.2 Å². The van der Waals surface area contributed by atoms with Gasteiger partial charge in [0.25, 0.3) is 0 Å². The smallest absolute Gasteiger partial charge is 0.345 e. The molecule has 2 aromatic heterocycles. The third kappa shape index (κ3) is 1.40.